The van der Waals surface area contributed by atoms with E-state index >= 15 is 0 Å². The molecule has 0 aromatic carbocycles. The van der Waals surface area contributed by atoms with Crippen molar-refractivity contribution in [3.8, 4) is 0 Å². The van der Waals surface area contributed by atoms with E-state index in [1.54, 1.807) is 20.8 Å². The molecule has 3 aliphatic rings. The molecule has 5 nitrogen and oxygen atoms in total. The Labute approximate surface area is 130 Å². The maximum Gasteiger partial charge on any atom is 0.417 e. The Kier molecular flexibility index (Phi) is 3.54. The fraction of sp³-hybridized carbons (Fsp3) is 0.647. The zero-order valence-electron chi connectivity index (χ0n) is 13.4. The van der Waals surface area contributed by atoms with Crippen LogP contribution in [0.5, 0.6) is 0 Å². The number of hydrogen-bond acceptors (Lipinski definition) is 4. The van der Waals surface area contributed by atoms with Gasteiger partial charge in [0.1, 0.15) is 5.60 Å². The molecule has 0 aromatic rings. The number of carbonyl (C=O) groups excluding carboxylic acids is 2. The van der Waals surface area contributed by atoms with Crippen LogP contribution in [0.15, 0.2) is 23.0 Å². The largest absolute Gasteiger partial charge is 0.515 e. The van der Waals surface area contributed by atoms with Crippen molar-refractivity contribution in [1.29, 1.82) is 0 Å². The van der Waals surface area contributed by atoms with Gasteiger partial charge in [0, 0.05) is 5.92 Å². The molecule has 2 aliphatic carbocycles. The van der Waals surface area contributed by atoms with Crippen molar-refractivity contribution in [1.82, 2.24) is 4.90 Å². The number of fused-ring (bicyclic) bond motifs is 2. The lowest BCUT2D eigenvalue weighted by Gasteiger charge is -2.29. The summed E-state index contributed by atoms with van der Waals surface area (Å²) >= 11 is 0. The molecule has 1 unspecified atom stereocenters. The summed E-state index contributed by atoms with van der Waals surface area (Å²) in [5, 5.41) is 9.47. The summed E-state index contributed by atoms with van der Waals surface area (Å²) in [6.07, 6.45) is 5.27. The molecule has 2 amide bonds. The van der Waals surface area contributed by atoms with Gasteiger partial charge in [0.25, 0.3) is 5.91 Å². The first-order valence-electron chi connectivity index (χ1n) is 7.95. The van der Waals surface area contributed by atoms with Gasteiger partial charge in [-0.05, 0) is 58.4 Å². The average molecular weight is 305 g/mol. The summed E-state index contributed by atoms with van der Waals surface area (Å²) in [6, 6.07) is -0.254. The number of carbonyl (C=O) groups is 2. The number of likely N-dealkylation sites (tertiary alicyclic amines) is 1. The van der Waals surface area contributed by atoms with Crippen molar-refractivity contribution in [2.24, 2.45) is 5.92 Å². The predicted octanol–water partition coefficient (Wildman–Crippen LogP) is 3.46. The van der Waals surface area contributed by atoms with Crippen LogP contribution in [0.1, 0.15) is 52.9 Å². The van der Waals surface area contributed by atoms with E-state index in [9.17, 15) is 14.7 Å². The van der Waals surface area contributed by atoms with Crippen molar-refractivity contribution in [3.63, 3.8) is 0 Å². The van der Waals surface area contributed by atoms with Gasteiger partial charge in [-0.1, -0.05) is 5.57 Å². The third kappa shape index (κ3) is 2.32. The summed E-state index contributed by atoms with van der Waals surface area (Å²) < 4.78 is 5.41. The van der Waals surface area contributed by atoms with E-state index in [4.69, 9.17) is 4.74 Å². The summed E-state index contributed by atoms with van der Waals surface area (Å²) in [5.41, 5.74) is 2.26. The average Bonchev–Trinajstić information content (AvgIpc) is 2.89. The lowest BCUT2D eigenvalue weighted by atomic mass is 9.92. The first kappa shape index (κ1) is 15.1. The normalized spacial score (nSPS) is 29.9. The van der Waals surface area contributed by atoms with Gasteiger partial charge in [-0.15, -0.1) is 0 Å². The number of amides is 2. The van der Waals surface area contributed by atoms with E-state index in [-0.39, 0.29) is 12.0 Å². The van der Waals surface area contributed by atoms with Crippen LogP contribution in [0.25, 0.3) is 0 Å². The Balaban J connectivity index is 1.96. The molecule has 0 saturated carbocycles. The number of allylic oxidation sites excluding steroid dienone is 1. The van der Waals surface area contributed by atoms with Crippen LogP contribution in [0.4, 0.5) is 4.79 Å². The molecule has 0 aromatic heterocycles. The van der Waals surface area contributed by atoms with Crippen LogP contribution in [-0.4, -0.2) is 33.6 Å². The third-order valence-electron chi connectivity index (χ3n) is 4.71. The minimum atomic E-state index is -0.652. The maximum absolute atomic E-state index is 12.5. The van der Waals surface area contributed by atoms with Gasteiger partial charge in [-0.3, -0.25) is 4.79 Å². The highest BCUT2D eigenvalue weighted by Crippen LogP contribution is 2.49. The van der Waals surface area contributed by atoms with Gasteiger partial charge in [0.2, 0.25) is 0 Å². The molecule has 1 N–H and O–H groups in total. The molecule has 5 heteroatoms. The predicted molar refractivity (Wildman–Crippen MR) is 81.2 cm³/mol. The highest BCUT2D eigenvalue weighted by Gasteiger charge is 2.53. The molecule has 1 heterocycles. The van der Waals surface area contributed by atoms with Gasteiger partial charge in [0.05, 0.1) is 17.9 Å². The van der Waals surface area contributed by atoms with Gasteiger partial charge in [-0.25, -0.2) is 9.69 Å². The van der Waals surface area contributed by atoms with Crippen molar-refractivity contribution in [3.05, 3.63) is 23.0 Å². The van der Waals surface area contributed by atoms with E-state index in [1.807, 2.05) is 0 Å². The summed E-state index contributed by atoms with van der Waals surface area (Å²) in [7, 11) is 0. The number of imide groups is 1. The van der Waals surface area contributed by atoms with E-state index < -0.39 is 17.6 Å². The first-order chi connectivity index (χ1) is 10.3. The van der Waals surface area contributed by atoms with Crippen LogP contribution in [0.3, 0.4) is 0 Å². The summed E-state index contributed by atoms with van der Waals surface area (Å²) in [4.78, 5) is 26.3. The Hall–Kier alpha value is -1.78. The van der Waals surface area contributed by atoms with E-state index in [0.717, 1.165) is 38.4 Å². The highest BCUT2D eigenvalue weighted by molar-refractivity contribution is 6.06. The maximum atomic E-state index is 12.5. The molecule has 0 bridgehead atoms. The zero-order valence-corrected chi connectivity index (χ0v) is 13.4. The Morgan fingerprint density at radius 3 is 2.64 bits per heavy atom. The topological polar surface area (TPSA) is 66.8 Å². The van der Waals surface area contributed by atoms with Crippen LogP contribution in [0.2, 0.25) is 0 Å². The molecule has 1 fully saturated rings. The number of ether oxygens (including phenoxy) is 1. The van der Waals surface area contributed by atoms with Gasteiger partial charge in [-0.2, -0.15) is 0 Å². The van der Waals surface area contributed by atoms with Crippen molar-refractivity contribution in [2.75, 3.05) is 0 Å². The van der Waals surface area contributed by atoms with Crippen LogP contribution >= 0.6 is 0 Å². The Bertz CT molecular complexity index is 582. The molecule has 1 aliphatic heterocycles. The third-order valence-corrected chi connectivity index (χ3v) is 4.71. The number of aliphatic hydroxyl groups excluding tert-OH is 1. The molecule has 2 atom stereocenters. The van der Waals surface area contributed by atoms with Crippen LogP contribution in [-0.2, 0) is 9.53 Å². The number of rotatable bonds is 0. The molecule has 3 rings (SSSR count). The molecule has 120 valence electrons. The molecular weight excluding hydrogens is 282 g/mol. The fourth-order valence-electron chi connectivity index (χ4n) is 3.90. The van der Waals surface area contributed by atoms with Gasteiger partial charge < -0.3 is 9.84 Å². The van der Waals surface area contributed by atoms with Gasteiger partial charge in [0.15, 0.2) is 0 Å². The Morgan fingerprint density at radius 1 is 1.32 bits per heavy atom. The van der Waals surface area contributed by atoms with Crippen molar-refractivity contribution < 1.29 is 19.4 Å². The summed E-state index contributed by atoms with van der Waals surface area (Å²) in [6.45, 7) is 5.35. The molecule has 0 radical (unpaired) electrons. The Morgan fingerprint density at radius 2 is 2.00 bits per heavy atom. The number of hydrogen-bond donors (Lipinski definition) is 1. The standard InChI is InChI=1S/C17H23NO4/c1-17(2,3)22-16(21)18-14-11-7-5-4-6-10(11)8-12(14)13(9-19)15(18)20/h9,12,14,19H,4-8H2,1-3H3/b13-9-/t12?,14-/m1/s1. The monoisotopic (exact) mass is 305 g/mol. The molecule has 0 spiro atoms. The lowest BCUT2D eigenvalue weighted by molar-refractivity contribution is -0.125. The molecule has 22 heavy (non-hydrogen) atoms. The van der Waals surface area contributed by atoms with Crippen LogP contribution < -0.4 is 0 Å². The van der Waals surface area contributed by atoms with Crippen molar-refractivity contribution >= 4 is 12.0 Å². The van der Waals surface area contributed by atoms with E-state index in [2.05, 4.69) is 0 Å². The minimum Gasteiger partial charge on any atom is -0.515 e. The minimum absolute atomic E-state index is 0.104. The lowest BCUT2D eigenvalue weighted by Crippen LogP contribution is -2.43. The number of aliphatic hydroxyl groups is 1. The summed E-state index contributed by atoms with van der Waals surface area (Å²) in [5.74, 6) is -0.517. The second-order valence-electron chi connectivity index (χ2n) is 7.33. The SMILES string of the molecule is CC(C)(C)OC(=O)N1C(=O)/C(=C\O)C2CC3=C(CCCC3)[C@H]21. The van der Waals surface area contributed by atoms with Crippen molar-refractivity contribution in [2.45, 2.75) is 64.5 Å². The second-order valence-corrected chi connectivity index (χ2v) is 7.33. The van der Waals surface area contributed by atoms with E-state index in [0.29, 0.717) is 5.57 Å². The zero-order chi connectivity index (χ0) is 16.1. The quantitative estimate of drug-likeness (QED) is 0.423. The van der Waals surface area contributed by atoms with E-state index in [1.165, 1.54) is 16.0 Å². The highest BCUT2D eigenvalue weighted by atomic mass is 16.6. The smallest absolute Gasteiger partial charge is 0.417 e. The second kappa shape index (κ2) is 5.14. The van der Waals surface area contributed by atoms with Crippen LogP contribution in [0, 0.1) is 5.92 Å². The molecule has 1 saturated heterocycles. The van der Waals surface area contributed by atoms with Gasteiger partial charge >= 0.3 is 6.09 Å². The fourth-order valence-corrected chi connectivity index (χ4v) is 3.90. The molecular formula is C17H23NO4. The number of nitrogens with zero attached hydrogens (tertiary/aromatic N) is 1. The first-order valence-corrected chi connectivity index (χ1v) is 7.95.